The van der Waals surface area contributed by atoms with Crippen LogP contribution in [0.15, 0.2) is 40.2 Å². The van der Waals surface area contributed by atoms with Gasteiger partial charge >= 0.3 is 0 Å². The molecule has 1 aliphatic heterocycles. The zero-order valence-electron chi connectivity index (χ0n) is 11.5. The van der Waals surface area contributed by atoms with Crippen molar-refractivity contribution in [2.24, 2.45) is 4.99 Å². The van der Waals surface area contributed by atoms with Crippen LogP contribution in [0.25, 0.3) is 0 Å². The van der Waals surface area contributed by atoms with E-state index in [9.17, 15) is 0 Å². The van der Waals surface area contributed by atoms with E-state index >= 15 is 0 Å². The van der Waals surface area contributed by atoms with Gasteiger partial charge < -0.3 is 4.90 Å². The number of rotatable bonds is 5. The molecule has 17 heavy (non-hydrogen) atoms. The molecule has 2 heteroatoms. The normalized spacial score (nSPS) is 21.1. The summed E-state index contributed by atoms with van der Waals surface area (Å²) in [5, 5.41) is 0. The first-order chi connectivity index (χ1) is 8.13. The predicted molar refractivity (Wildman–Crippen MR) is 76.2 cm³/mol. The molecule has 0 aliphatic carbocycles. The fraction of sp³-hybridized carbons (Fsp3) is 0.533. The van der Waals surface area contributed by atoms with E-state index in [1.807, 2.05) is 0 Å². The highest BCUT2D eigenvalue weighted by molar-refractivity contribution is 5.47. The molecule has 2 nitrogen and oxygen atoms in total. The Balaban J connectivity index is 2.97. The van der Waals surface area contributed by atoms with Gasteiger partial charge in [0, 0.05) is 24.9 Å². The Bertz CT molecular complexity index is 361. The van der Waals surface area contributed by atoms with Gasteiger partial charge in [0.25, 0.3) is 0 Å². The first kappa shape index (κ1) is 13.8. The summed E-state index contributed by atoms with van der Waals surface area (Å²) in [7, 11) is 2.12. The monoisotopic (exact) mass is 232 g/mol. The molecule has 0 bridgehead atoms. The third-order valence-electron chi connectivity index (χ3n) is 3.24. The van der Waals surface area contributed by atoms with E-state index < -0.39 is 0 Å². The maximum absolute atomic E-state index is 4.20. The van der Waals surface area contributed by atoms with Crippen molar-refractivity contribution in [1.82, 2.24) is 4.90 Å². The molecule has 0 radical (unpaired) electrons. The van der Waals surface area contributed by atoms with Crippen LogP contribution in [-0.4, -0.2) is 24.7 Å². The van der Waals surface area contributed by atoms with Gasteiger partial charge in [-0.3, -0.25) is 4.99 Å². The average Bonchev–Trinajstić information content (AvgIpc) is 2.30. The summed E-state index contributed by atoms with van der Waals surface area (Å²) < 4.78 is 0. The standard InChI is InChI=1S/C15H24N2/c1-6-8-12(3)15(16-4)13-9-10-14(7-2)17(5)11-13/h9-11,14H,4,6-8H2,1-3,5H3/b15-12-. The second kappa shape index (κ2) is 6.43. The van der Waals surface area contributed by atoms with Gasteiger partial charge in [0.2, 0.25) is 0 Å². The van der Waals surface area contributed by atoms with Crippen molar-refractivity contribution in [1.29, 1.82) is 0 Å². The van der Waals surface area contributed by atoms with Gasteiger partial charge in [-0.2, -0.15) is 0 Å². The fourth-order valence-electron chi connectivity index (χ4n) is 2.24. The SMILES string of the molecule is C=N/C(C1=CN(C)C(CC)C=C1)=C(/C)CCC. The van der Waals surface area contributed by atoms with Gasteiger partial charge in [0.05, 0.1) is 5.70 Å². The second-order valence-corrected chi connectivity index (χ2v) is 4.62. The van der Waals surface area contributed by atoms with Crippen molar-refractivity contribution in [2.45, 2.75) is 46.1 Å². The Morgan fingerprint density at radius 1 is 1.47 bits per heavy atom. The van der Waals surface area contributed by atoms with Crippen molar-refractivity contribution >= 4 is 6.72 Å². The minimum Gasteiger partial charge on any atom is -0.373 e. The van der Waals surface area contributed by atoms with E-state index in [1.165, 1.54) is 11.1 Å². The van der Waals surface area contributed by atoms with E-state index in [2.05, 4.69) is 62.8 Å². The quantitative estimate of drug-likeness (QED) is 0.656. The van der Waals surface area contributed by atoms with Crippen molar-refractivity contribution in [2.75, 3.05) is 7.05 Å². The average molecular weight is 232 g/mol. The van der Waals surface area contributed by atoms with E-state index in [0.717, 1.165) is 25.0 Å². The van der Waals surface area contributed by atoms with E-state index in [4.69, 9.17) is 0 Å². The number of hydrogen-bond donors (Lipinski definition) is 0. The minimum atomic E-state index is 0.510. The topological polar surface area (TPSA) is 15.6 Å². The van der Waals surface area contributed by atoms with Crippen LogP contribution in [0.4, 0.5) is 0 Å². The maximum atomic E-state index is 4.20. The summed E-state index contributed by atoms with van der Waals surface area (Å²) in [6.45, 7) is 10.2. The molecule has 1 heterocycles. The van der Waals surface area contributed by atoms with Gasteiger partial charge in [0.15, 0.2) is 0 Å². The molecule has 1 unspecified atom stereocenters. The minimum absolute atomic E-state index is 0.510. The van der Waals surface area contributed by atoms with Gasteiger partial charge in [-0.1, -0.05) is 32.4 Å². The molecule has 0 spiro atoms. The number of likely N-dealkylation sites (N-methyl/N-ethyl adjacent to an activating group) is 1. The van der Waals surface area contributed by atoms with Gasteiger partial charge in [-0.05, 0) is 32.1 Å². The number of nitrogens with zero attached hydrogens (tertiary/aromatic N) is 2. The smallest absolute Gasteiger partial charge is 0.0698 e. The fourth-order valence-corrected chi connectivity index (χ4v) is 2.24. The first-order valence-electron chi connectivity index (χ1n) is 6.42. The number of aliphatic imine (C=N–C) groups is 1. The van der Waals surface area contributed by atoms with Gasteiger partial charge in [0.1, 0.15) is 0 Å². The summed E-state index contributed by atoms with van der Waals surface area (Å²) >= 11 is 0. The Kier molecular flexibility index (Phi) is 5.20. The lowest BCUT2D eigenvalue weighted by Gasteiger charge is -2.27. The molecule has 94 valence electrons. The summed E-state index contributed by atoms with van der Waals surface area (Å²) in [5.41, 5.74) is 3.55. The highest BCUT2D eigenvalue weighted by atomic mass is 15.1. The Labute approximate surface area is 105 Å². The molecule has 0 saturated heterocycles. The van der Waals surface area contributed by atoms with Gasteiger partial charge in [-0.25, -0.2) is 0 Å². The van der Waals surface area contributed by atoms with Crippen molar-refractivity contribution in [3.05, 3.63) is 35.2 Å². The third kappa shape index (κ3) is 3.32. The molecule has 0 aromatic carbocycles. The van der Waals surface area contributed by atoms with Crippen molar-refractivity contribution in [3.8, 4) is 0 Å². The third-order valence-corrected chi connectivity index (χ3v) is 3.24. The number of allylic oxidation sites excluding steroid dienone is 2. The zero-order chi connectivity index (χ0) is 12.8. The molecule has 1 rings (SSSR count). The van der Waals surface area contributed by atoms with Crippen LogP contribution in [0.5, 0.6) is 0 Å². The number of hydrogen-bond acceptors (Lipinski definition) is 2. The highest BCUT2D eigenvalue weighted by Gasteiger charge is 2.14. The van der Waals surface area contributed by atoms with Crippen LogP contribution in [0.1, 0.15) is 40.0 Å². The van der Waals surface area contributed by atoms with Crippen LogP contribution >= 0.6 is 0 Å². The molecular formula is C15H24N2. The molecule has 0 saturated carbocycles. The van der Waals surface area contributed by atoms with E-state index in [-0.39, 0.29) is 0 Å². The van der Waals surface area contributed by atoms with Crippen molar-refractivity contribution < 1.29 is 0 Å². The Hall–Kier alpha value is -1.31. The van der Waals surface area contributed by atoms with E-state index in [1.54, 1.807) is 0 Å². The predicted octanol–water partition coefficient (Wildman–Crippen LogP) is 3.93. The second-order valence-electron chi connectivity index (χ2n) is 4.62. The Morgan fingerprint density at radius 3 is 2.65 bits per heavy atom. The lowest BCUT2D eigenvalue weighted by atomic mass is 10.0. The summed E-state index contributed by atoms with van der Waals surface area (Å²) in [4.78, 5) is 6.45. The lowest BCUT2D eigenvalue weighted by Crippen LogP contribution is -2.27. The molecular weight excluding hydrogens is 208 g/mol. The van der Waals surface area contributed by atoms with E-state index in [0.29, 0.717) is 6.04 Å². The molecule has 0 aromatic heterocycles. The highest BCUT2D eigenvalue weighted by Crippen LogP contribution is 2.25. The van der Waals surface area contributed by atoms with Crippen LogP contribution in [0, 0.1) is 0 Å². The lowest BCUT2D eigenvalue weighted by molar-refractivity contribution is 0.369. The summed E-state index contributed by atoms with van der Waals surface area (Å²) in [6.07, 6.45) is 9.97. The van der Waals surface area contributed by atoms with Crippen molar-refractivity contribution in [3.63, 3.8) is 0 Å². The molecule has 0 fully saturated rings. The Morgan fingerprint density at radius 2 is 2.18 bits per heavy atom. The molecule has 0 aromatic rings. The molecule has 0 amide bonds. The first-order valence-corrected chi connectivity index (χ1v) is 6.42. The summed E-state index contributed by atoms with van der Waals surface area (Å²) in [6, 6.07) is 0.510. The van der Waals surface area contributed by atoms with Crippen LogP contribution in [-0.2, 0) is 0 Å². The van der Waals surface area contributed by atoms with Gasteiger partial charge in [-0.15, -0.1) is 0 Å². The largest absolute Gasteiger partial charge is 0.373 e. The van der Waals surface area contributed by atoms with Crippen LogP contribution in [0.2, 0.25) is 0 Å². The van der Waals surface area contributed by atoms with Crippen LogP contribution < -0.4 is 0 Å². The molecule has 1 atom stereocenters. The molecule has 1 aliphatic rings. The molecule has 0 N–H and O–H groups in total. The zero-order valence-corrected chi connectivity index (χ0v) is 11.5. The maximum Gasteiger partial charge on any atom is 0.0698 e. The summed E-state index contributed by atoms with van der Waals surface area (Å²) in [5.74, 6) is 0. The van der Waals surface area contributed by atoms with Crippen LogP contribution in [0.3, 0.4) is 0 Å².